The Hall–Kier alpha value is -3.42. The Balaban J connectivity index is 1.75. The van der Waals surface area contributed by atoms with Gasteiger partial charge in [0.1, 0.15) is 11.1 Å². The first-order chi connectivity index (χ1) is 15.1. The first kappa shape index (κ1) is 21.8. The molecule has 1 saturated heterocycles. The summed E-state index contributed by atoms with van der Waals surface area (Å²) in [6, 6.07) is 5.04. The summed E-state index contributed by atoms with van der Waals surface area (Å²) in [4.78, 5) is 26.7. The van der Waals surface area contributed by atoms with Crippen molar-refractivity contribution in [2.24, 2.45) is 5.41 Å². The number of benzene rings is 1. The standard InChI is InChI=1S/C24H28N4O4/c1-14-9-16(15(2)27-19-13-26-25-12-18(19)23(30)31)22-17(10-14)20(29)11-21(32-22)28-7-5-24(3,4)6-8-28/h9-13,15H,5-8H2,1-4H3,(H,25,27)(H,30,31)/t15-/m1/s1. The van der Waals surface area contributed by atoms with E-state index in [4.69, 9.17) is 4.42 Å². The maximum Gasteiger partial charge on any atom is 0.339 e. The van der Waals surface area contributed by atoms with E-state index >= 15 is 0 Å². The average molecular weight is 437 g/mol. The van der Waals surface area contributed by atoms with Crippen molar-refractivity contribution in [1.82, 2.24) is 10.2 Å². The lowest BCUT2D eigenvalue weighted by Crippen LogP contribution is -2.37. The second-order valence-corrected chi connectivity index (χ2v) is 9.32. The van der Waals surface area contributed by atoms with Gasteiger partial charge in [0.2, 0.25) is 0 Å². The first-order valence-electron chi connectivity index (χ1n) is 10.8. The third-order valence-corrected chi connectivity index (χ3v) is 6.22. The molecule has 4 rings (SSSR count). The number of hydrogen-bond donors (Lipinski definition) is 2. The lowest BCUT2D eigenvalue weighted by atomic mass is 9.83. The summed E-state index contributed by atoms with van der Waals surface area (Å²) in [5, 5.41) is 20.6. The number of aromatic nitrogens is 2. The summed E-state index contributed by atoms with van der Waals surface area (Å²) in [5.74, 6) is -0.516. The average Bonchev–Trinajstić information content (AvgIpc) is 2.74. The molecule has 2 aromatic heterocycles. The minimum atomic E-state index is -1.09. The molecule has 0 radical (unpaired) electrons. The monoisotopic (exact) mass is 436 g/mol. The highest BCUT2D eigenvalue weighted by molar-refractivity contribution is 5.93. The number of aromatic carboxylic acids is 1. The fraction of sp³-hybridized carbons (Fsp3) is 0.417. The van der Waals surface area contributed by atoms with Gasteiger partial charge in [-0.3, -0.25) is 4.79 Å². The summed E-state index contributed by atoms with van der Waals surface area (Å²) in [7, 11) is 0. The summed E-state index contributed by atoms with van der Waals surface area (Å²) >= 11 is 0. The van der Waals surface area contributed by atoms with Gasteiger partial charge < -0.3 is 19.7 Å². The number of fused-ring (bicyclic) bond motifs is 1. The first-order valence-corrected chi connectivity index (χ1v) is 10.8. The molecule has 0 bridgehead atoms. The minimum Gasteiger partial charge on any atom is -0.478 e. The zero-order chi connectivity index (χ0) is 23.0. The van der Waals surface area contributed by atoms with Gasteiger partial charge in [-0.1, -0.05) is 19.9 Å². The number of aryl methyl sites for hydroxylation is 1. The molecule has 1 fully saturated rings. The largest absolute Gasteiger partial charge is 0.478 e. The van der Waals surface area contributed by atoms with Crippen LogP contribution in [0.2, 0.25) is 0 Å². The van der Waals surface area contributed by atoms with Crippen LogP contribution in [0.25, 0.3) is 11.0 Å². The number of carbonyl (C=O) groups is 1. The van der Waals surface area contributed by atoms with Crippen LogP contribution in [0.15, 0.2) is 39.8 Å². The molecule has 0 saturated carbocycles. The minimum absolute atomic E-state index is 0.0295. The molecule has 1 aliphatic rings. The van der Waals surface area contributed by atoms with Crippen molar-refractivity contribution < 1.29 is 14.3 Å². The second kappa shape index (κ2) is 8.26. The van der Waals surface area contributed by atoms with Crippen molar-refractivity contribution >= 4 is 28.5 Å². The number of piperidine rings is 1. The molecule has 0 aliphatic carbocycles. The van der Waals surface area contributed by atoms with Crippen LogP contribution in [0.3, 0.4) is 0 Å². The lowest BCUT2D eigenvalue weighted by Gasteiger charge is -2.37. The third kappa shape index (κ3) is 4.30. The van der Waals surface area contributed by atoms with Crippen LogP contribution in [-0.2, 0) is 0 Å². The van der Waals surface area contributed by atoms with E-state index in [1.54, 1.807) is 6.07 Å². The molecule has 168 valence electrons. The Kier molecular flexibility index (Phi) is 5.62. The van der Waals surface area contributed by atoms with Crippen LogP contribution >= 0.6 is 0 Å². The fourth-order valence-corrected chi connectivity index (χ4v) is 4.15. The molecule has 2 N–H and O–H groups in total. The molecular formula is C24H28N4O4. The van der Waals surface area contributed by atoms with Crippen LogP contribution in [0.4, 0.5) is 11.6 Å². The van der Waals surface area contributed by atoms with Gasteiger partial charge in [-0.05, 0) is 43.7 Å². The predicted octanol–water partition coefficient (Wildman–Crippen LogP) is 4.39. The van der Waals surface area contributed by atoms with Crippen LogP contribution < -0.4 is 15.6 Å². The molecule has 32 heavy (non-hydrogen) atoms. The zero-order valence-corrected chi connectivity index (χ0v) is 18.8. The number of rotatable bonds is 5. The van der Waals surface area contributed by atoms with E-state index in [9.17, 15) is 14.7 Å². The van der Waals surface area contributed by atoms with Gasteiger partial charge in [-0.2, -0.15) is 10.2 Å². The normalized spacial score (nSPS) is 16.7. The zero-order valence-electron chi connectivity index (χ0n) is 18.8. The molecule has 0 unspecified atom stereocenters. The summed E-state index contributed by atoms with van der Waals surface area (Å²) in [5.41, 5.74) is 2.81. The smallest absolute Gasteiger partial charge is 0.339 e. The van der Waals surface area contributed by atoms with Gasteiger partial charge in [0.15, 0.2) is 11.3 Å². The molecule has 8 nitrogen and oxygen atoms in total. The van der Waals surface area contributed by atoms with Crippen molar-refractivity contribution in [2.75, 3.05) is 23.3 Å². The van der Waals surface area contributed by atoms with Gasteiger partial charge in [0.05, 0.1) is 29.5 Å². The Morgan fingerprint density at radius 1 is 1.19 bits per heavy atom. The van der Waals surface area contributed by atoms with Gasteiger partial charge in [0.25, 0.3) is 0 Å². The summed E-state index contributed by atoms with van der Waals surface area (Å²) < 4.78 is 6.31. The van der Waals surface area contributed by atoms with E-state index < -0.39 is 5.97 Å². The number of nitrogens with zero attached hydrogens (tertiary/aromatic N) is 3. The molecule has 1 aromatic carbocycles. The van der Waals surface area contributed by atoms with Gasteiger partial charge >= 0.3 is 5.97 Å². The second-order valence-electron chi connectivity index (χ2n) is 9.32. The van der Waals surface area contributed by atoms with E-state index in [1.807, 2.05) is 26.0 Å². The van der Waals surface area contributed by atoms with E-state index in [1.165, 1.54) is 12.4 Å². The van der Waals surface area contributed by atoms with Crippen molar-refractivity contribution in [2.45, 2.75) is 46.6 Å². The molecule has 0 spiro atoms. The Bertz CT molecular complexity index is 1220. The maximum absolute atomic E-state index is 13.0. The number of hydrogen-bond acceptors (Lipinski definition) is 7. The fourth-order valence-electron chi connectivity index (χ4n) is 4.15. The third-order valence-electron chi connectivity index (χ3n) is 6.22. The van der Waals surface area contributed by atoms with Crippen molar-refractivity contribution in [1.29, 1.82) is 0 Å². The molecule has 1 atom stereocenters. The summed E-state index contributed by atoms with van der Waals surface area (Å²) in [6.45, 7) is 10.0. The number of anilines is 2. The predicted molar refractivity (Wildman–Crippen MR) is 123 cm³/mol. The molecule has 1 aliphatic heterocycles. The molecule has 0 amide bonds. The van der Waals surface area contributed by atoms with Crippen LogP contribution in [-0.4, -0.2) is 34.4 Å². The van der Waals surface area contributed by atoms with Crippen LogP contribution in [0.1, 0.15) is 61.1 Å². The Morgan fingerprint density at radius 3 is 2.56 bits per heavy atom. The van der Waals surface area contributed by atoms with Crippen molar-refractivity contribution in [3.8, 4) is 0 Å². The SMILES string of the molecule is Cc1cc([C@@H](C)Nc2cnncc2C(=O)O)c2oc(N3CCC(C)(C)CC3)cc(=O)c2c1. The molecular weight excluding hydrogens is 408 g/mol. The highest BCUT2D eigenvalue weighted by Gasteiger charge is 2.27. The quantitative estimate of drug-likeness (QED) is 0.606. The topological polar surface area (TPSA) is 109 Å². The van der Waals surface area contributed by atoms with E-state index in [0.29, 0.717) is 22.5 Å². The number of carboxylic acid groups (broad SMARTS) is 1. The molecule has 8 heteroatoms. The van der Waals surface area contributed by atoms with Gasteiger partial charge in [-0.15, -0.1) is 0 Å². The highest BCUT2D eigenvalue weighted by atomic mass is 16.4. The Morgan fingerprint density at radius 2 is 1.88 bits per heavy atom. The Labute approximate surface area is 186 Å². The van der Waals surface area contributed by atoms with E-state index in [0.717, 1.165) is 37.1 Å². The van der Waals surface area contributed by atoms with Gasteiger partial charge in [-0.25, -0.2) is 4.79 Å². The maximum atomic E-state index is 13.0. The highest BCUT2D eigenvalue weighted by Crippen LogP contribution is 2.34. The number of nitrogens with one attached hydrogen (secondary N) is 1. The molecule has 3 aromatic rings. The van der Waals surface area contributed by atoms with Crippen molar-refractivity contribution in [3.63, 3.8) is 0 Å². The van der Waals surface area contributed by atoms with E-state index in [-0.39, 0.29) is 22.4 Å². The van der Waals surface area contributed by atoms with E-state index in [2.05, 4.69) is 34.3 Å². The number of carboxylic acids is 1. The van der Waals surface area contributed by atoms with Crippen LogP contribution in [0, 0.1) is 12.3 Å². The summed E-state index contributed by atoms with van der Waals surface area (Å²) in [6.07, 6.45) is 4.65. The van der Waals surface area contributed by atoms with Crippen LogP contribution in [0.5, 0.6) is 0 Å². The van der Waals surface area contributed by atoms with Crippen molar-refractivity contribution in [3.05, 3.63) is 57.5 Å². The van der Waals surface area contributed by atoms with Gasteiger partial charge in [0, 0.05) is 24.7 Å². The lowest BCUT2D eigenvalue weighted by molar-refractivity contribution is 0.0697. The molecule has 3 heterocycles.